The van der Waals surface area contributed by atoms with E-state index in [2.05, 4.69) is 54.7 Å². The normalized spacial score (nSPS) is 17.8. The van der Waals surface area contributed by atoms with Gasteiger partial charge in [0, 0.05) is 32.2 Å². The molecule has 1 N–H and O–H groups in total. The van der Waals surface area contributed by atoms with Gasteiger partial charge in [-0.1, -0.05) is 57.2 Å². The minimum atomic E-state index is -3.71. The van der Waals surface area contributed by atoms with Gasteiger partial charge in [0.05, 0.1) is 11.4 Å². The summed E-state index contributed by atoms with van der Waals surface area (Å²) in [6.07, 6.45) is 1.04. The first-order valence-electron chi connectivity index (χ1n) is 10.8. The van der Waals surface area contributed by atoms with Gasteiger partial charge in [-0.15, -0.1) is 0 Å². The first kappa shape index (κ1) is 22.0. The number of rotatable bonds is 5. The Morgan fingerprint density at radius 1 is 1.03 bits per heavy atom. The van der Waals surface area contributed by atoms with Gasteiger partial charge in [-0.25, -0.2) is 13.1 Å². The molecule has 0 bridgehead atoms. The van der Waals surface area contributed by atoms with Gasteiger partial charge in [-0.05, 0) is 40.7 Å². The maximum Gasteiger partial charge on any atom is 0.241 e. The second kappa shape index (κ2) is 8.37. The van der Waals surface area contributed by atoms with Crippen LogP contribution in [-0.2, 0) is 33.2 Å². The number of sulfonamides is 1. The lowest BCUT2D eigenvalue weighted by Crippen LogP contribution is -2.62. The van der Waals surface area contributed by atoms with Crippen molar-refractivity contribution in [3.05, 3.63) is 65.2 Å². The van der Waals surface area contributed by atoms with Gasteiger partial charge in [0.1, 0.15) is 0 Å². The third-order valence-corrected chi connectivity index (χ3v) is 7.75. The molecule has 0 unspecified atom stereocenters. The Balaban J connectivity index is 1.27. The topological polar surface area (TPSA) is 69.7 Å². The zero-order valence-corrected chi connectivity index (χ0v) is 19.3. The van der Waals surface area contributed by atoms with E-state index in [0.717, 1.165) is 25.1 Å². The minimum Gasteiger partial charge on any atom is -0.338 e. The van der Waals surface area contributed by atoms with Crippen molar-refractivity contribution in [3.63, 3.8) is 0 Å². The molecule has 2 aromatic carbocycles. The Morgan fingerprint density at radius 2 is 1.68 bits per heavy atom. The lowest BCUT2D eigenvalue weighted by atomic mass is 9.87. The van der Waals surface area contributed by atoms with Crippen molar-refractivity contribution in [2.75, 3.05) is 26.2 Å². The quantitative estimate of drug-likeness (QED) is 0.774. The van der Waals surface area contributed by atoms with Crippen LogP contribution in [0.4, 0.5) is 0 Å². The summed E-state index contributed by atoms with van der Waals surface area (Å²) >= 11 is 0. The van der Waals surface area contributed by atoms with Crippen LogP contribution in [0, 0.1) is 0 Å². The van der Waals surface area contributed by atoms with Crippen LogP contribution in [0.3, 0.4) is 0 Å². The molecule has 0 radical (unpaired) electrons. The third-order valence-electron chi connectivity index (χ3n) is 6.34. The van der Waals surface area contributed by atoms with E-state index in [0.29, 0.717) is 19.1 Å². The number of carbonyl (C=O) groups excluding carboxylic acids is 1. The van der Waals surface area contributed by atoms with Crippen LogP contribution in [0.15, 0.2) is 53.4 Å². The summed E-state index contributed by atoms with van der Waals surface area (Å²) in [4.78, 5) is 16.8. The number of fused-ring (bicyclic) bond motifs is 1. The molecule has 2 aliphatic heterocycles. The zero-order valence-electron chi connectivity index (χ0n) is 18.5. The molecule has 4 rings (SSSR count). The molecule has 0 saturated carbocycles. The van der Waals surface area contributed by atoms with Crippen molar-refractivity contribution >= 4 is 15.9 Å². The van der Waals surface area contributed by atoms with E-state index in [1.54, 1.807) is 17.0 Å². The smallest absolute Gasteiger partial charge is 0.241 e. The number of nitrogens with one attached hydrogen (secondary N) is 1. The molecule has 7 heteroatoms. The summed E-state index contributed by atoms with van der Waals surface area (Å²) in [6.45, 7) is 9.26. The molecule has 6 nitrogen and oxygen atoms in total. The molecule has 2 heterocycles. The molecule has 1 saturated heterocycles. The van der Waals surface area contributed by atoms with Crippen molar-refractivity contribution in [2.45, 2.75) is 50.1 Å². The second-order valence-corrected chi connectivity index (χ2v) is 11.3. The maximum atomic E-state index is 12.6. The van der Waals surface area contributed by atoms with Gasteiger partial charge in [-0.3, -0.25) is 9.69 Å². The molecule has 0 spiro atoms. The zero-order chi connectivity index (χ0) is 22.2. The monoisotopic (exact) mass is 441 g/mol. The Bertz CT molecular complexity index is 1050. The predicted molar refractivity (Wildman–Crippen MR) is 121 cm³/mol. The van der Waals surface area contributed by atoms with Crippen molar-refractivity contribution in [2.24, 2.45) is 0 Å². The van der Waals surface area contributed by atoms with E-state index in [-0.39, 0.29) is 22.8 Å². The molecule has 0 aliphatic carbocycles. The van der Waals surface area contributed by atoms with Crippen molar-refractivity contribution < 1.29 is 13.2 Å². The fraction of sp³-hybridized carbons (Fsp3) is 0.458. The third kappa shape index (κ3) is 4.84. The Morgan fingerprint density at radius 3 is 2.32 bits per heavy atom. The highest BCUT2D eigenvalue weighted by Gasteiger charge is 2.36. The van der Waals surface area contributed by atoms with Gasteiger partial charge >= 0.3 is 0 Å². The van der Waals surface area contributed by atoms with Crippen LogP contribution in [0.2, 0.25) is 0 Å². The number of nitrogens with zero attached hydrogens (tertiary/aromatic N) is 2. The van der Waals surface area contributed by atoms with Gasteiger partial charge in [-0.2, -0.15) is 0 Å². The molecular formula is C24H31N3O3S. The van der Waals surface area contributed by atoms with Crippen molar-refractivity contribution in [1.29, 1.82) is 0 Å². The molecule has 31 heavy (non-hydrogen) atoms. The van der Waals surface area contributed by atoms with Crippen LogP contribution in [-0.4, -0.2) is 56.3 Å². The lowest BCUT2D eigenvalue weighted by Gasteiger charge is -2.47. The SMILES string of the molecule is CC(C)(C)c1ccc(S(=O)(=O)NCC(=O)N2CC(N3CCc4ccccc4C3)C2)cc1. The van der Waals surface area contributed by atoms with E-state index in [1.807, 2.05) is 12.1 Å². The van der Waals surface area contributed by atoms with E-state index < -0.39 is 10.0 Å². The second-order valence-electron chi connectivity index (χ2n) is 9.54. The predicted octanol–water partition coefficient (Wildman–Crippen LogP) is 2.53. The summed E-state index contributed by atoms with van der Waals surface area (Å²) in [5.74, 6) is -0.177. The van der Waals surface area contributed by atoms with Crippen molar-refractivity contribution in [3.8, 4) is 0 Å². The standard InChI is InChI=1S/C24H31N3O3S/c1-24(2,3)20-8-10-22(11-9-20)31(29,30)25-14-23(28)27-16-21(17-27)26-13-12-18-6-4-5-7-19(18)15-26/h4-11,21,25H,12-17H2,1-3H3. The molecule has 1 amide bonds. The van der Waals surface area contributed by atoms with Crippen LogP contribution in [0.25, 0.3) is 0 Å². The first-order chi connectivity index (χ1) is 14.6. The van der Waals surface area contributed by atoms with Gasteiger partial charge < -0.3 is 4.90 Å². The summed E-state index contributed by atoms with van der Waals surface area (Å²) in [6, 6.07) is 15.7. The highest BCUT2D eigenvalue weighted by Crippen LogP contribution is 2.25. The van der Waals surface area contributed by atoms with Crippen LogP contribution in [0.1, 0.15) is 37.5 Å². The number of carbonyl (C=O) groups is 1. The average molecular weight is 442 g/mol. The van der Waals surface area contributed by atoms with Gasteiger partial charge in [0.25, 0.3) is 0 Å². The first-order valence-corrected chi connectivity index (χ1v) is 12.3. The number of benzene rings is 2. The number of amides is 1. The Labute approximate surface area is 185 Å². The Hall–Kier alpha value is -2.22. The summed E-state index contributed by atoms with van der Waals surface area (Å²) in [7, 11) is -3.71. The highest BCUT2D eigenvalue weighted by molar-refractivity contribution is 7.89. The molecular weight excluding hydrogens is 410 g/mol. The highest BCUT2D eigenvalue weighted by atomic mass is 32.2. The Kier molecular flexibility index (Phi) is 5.94. The fourth-order valence-electron chi connectivity index (χ4n) is 4.21. The molecule has 166 valence electrons. The molecule has 0 aromatic heterocycles. The average Bonchev–Trinajstić information content (AvgIpc) is 2.71. The van der Waals surface area contributed by atoms with Crippen LogP contribution < -0.4 is 4.72 Å². The van der Waals surface area contributed by atoms with Crippen molar-refractivity contribution in [1.82, 2.24) is 14.5 Å². The number of hydrogen-bond donors (Lipinski definition) is 1. The van der Waals surface area contributed by atoms with E-state index in [1.165, 1.54) is 11.1 Å². The van der Waals surface area contributed by atoms with Gasteiger partial charge in [0.15, 0.2) is 0 Å². The number of likely N-dealkylation sites (tertiary alicyclic amines) is 1. The summed E-state index contributed by atoms with van der Waals surface area (Å²) in [5, 5.41) is 0. The minimum absolute atomic E-state index is 0.0455. The summed E-state index contributed by atoms with van der Waals surface area (Å²) < 4.78 is 27.6. The van der Waals surface area contributed by atoms with E-state index in [4.69, 9.17) is 0 Å². The van der Waals surface area contributed by atoms with E-state index in [9.17, 15) is 13.2 Å². The maximum absolute atomic E-state index is 12.6. The largest absolute Gasteiger partial charge is 0.338 e. The summed E-state index contributed by atoms with van der Waals surface area (Å²) in [5.41, 5.74) is 3.80. The van der Waals surface area contributed by atoms with Crippen LogP contribution >= 0.6 is 0 Å². The van der Waals surface area contributed by atoms with Crippen LogP contribution in [0.5, 0.6) is 0 Å². The molecule has 0 atom stereocenters. The fourth-order valence-corrected chi connectivity index (χ4v) is 5.18. The van der Waals surface area contributed by atoms with E-state index >= 15 is 0 Å². The number of hydrogen-bond acceptors (Lipinski definition) is 4. The van der Waals surface area contributed by atoms with Gasteiger partial charge in [0.2, 0.25) is 15.9 Å². The molecule has 1 fully saturated rings. The molecule has 2 aromatic rings. The lowest BCUT2D eigenvalue weighted by molar-refractivity contribution is -0.137. The molecule has 2 aliphatic rings.